The molecule has 5 nitrogen and oxygen atoms in total. The first-order valence-electron chi connectivity index (χ1n) is 10.4. The topological polar surface area (TPSA) is 57.7 Å². The van der Waals surface area contributed by atoms with Crippen LogP contribution in [0.1, 0.15) is 81.7 Å². The summed E-state index contributed by atoms with van der Waals surface area (Å²) < 4.78 is 13.2. The first kappa shape index (κ1) is 20.3. The minimum atomic E-state index is -0.329. The Labute approximate surface area is 175 Å². The lowest BCUT2D eigenvalue weighted by molar-refractivity contribution is 0.0548. The number of amides is 3. The van der Waals surface area contributed by atoms with Crippen LogP contribution < -0.4 is 0 Å². The largest absolute Gasteiger partial charge is 0.335 e. The Hall–Kier alpha value is -3.02. The Balaban J connectivity index is 1.56. The molecule has 1 aliphatic heterocycles. The number of benzene rings is 2. The number of imide groups is 1. The summed E-state index contributed by atoms with van der Waals surface area (Å²) in [6.07, 6.45) is 4.86. The zero-order valence-electron chi connectivity index (χ0n) is 17.2. The maximum Gasteiger partial charge on any atom is 0.261 e. The molecule has 1 atom stereocenters. The van der Waals surface area contributed by atoms with Gasteiger partial charge < -0.3 is 4.90 Å². The number of carbonyl (C=O) groups is 3. The molecule has 0 N–H and O–H groups in total. The number of hydrogen-bond acceptors (Lipinski definition) is 3. The smallest absolute Gasteiger partial charge is 0.261 e. The van der Waals surface area contributed by atoms with Gasteiger partial charge >= 0.3 is 0 Å². The van der Waals surface area contributed by atoms with Gasteiger partial charge in [-0.2, -0.15) is 0 Å². The van der Waals surface area contributed by atoms with E-state index < -0.39 is 0 Å². The van der Waals surface area contributed by atoms with Gasteiger partial charge in [0.15, 0.2) is 0 Å². The molecule has 1 fully saturated rings. The van der Waals surface area contributed by atoms with E-state index in [-0.39, 0.29) is 35.6 Å². The molecule has 2 aromatic carbocycles. The van der Waals surface area contributed by atoms with Crippen LogP contribution in [0.2, 0.25) is 0 Å². The summed E-state index contributed by atoms with van der Waals surface area (Å²) in [6.45, 7) is 1.86. The molecule has 0 saturated heterocycles. The van der Waals surface area contributed by atoms with Gasteiger partial charge in [0, 0.05) is 18.7 Å². The Kier molecular flexibility index (Phi) is 5.41. The predicted molar refractivity (Wildman–Crippen MR) is 111 cm³/mol. The van der Waals surface area contributed by atoms with E-state index in [1.165, 1.54) is 23.1 Å². The highest BCUT2D eigenvalue weighted by molar-refractivity contribution is 6.22. The average Bonchev–Trinajstić information content (AvgIpc) is 3.03. The molecule has 4 rings (SSSR count). The first-order chi connectivity index (χ1) is 14.4. The first-order valence-corrected chi connectivity index (χ1v) is 10.4. The number of hydrogen-bond donors (Lipinski definition) is 0. The van der Waals surface area contributed by atoms with Crippen molar-refractivity contribution in [3.8, 4) is 0 Å². The fourth-order valence-electron chi connectivity index (χ4n) is 4.41. The highest BCUT2D eigenvalue weighted by Gasteiger charge is 2.40. The van der Waals surface area contributed by atoms with Crippen molar-refractivity contribution >= 4 is 17.7 Å². The number of halogens is 1. The summed E-state index contributed by atoms with van der Waals surface area (Å²) in [4.78, 5) is 41.8. The Bertz CT molecular complexity index is 996. The Morgan fingerprint density at radius 2 is 1.63 bits per heavy atom. The summed E-state index contributed by atoms with van der Waals surface area (Å²) in [7, 11) is 1.67. The summed E-state index contributed by atoms with van der Waals surface area (Å²) >= 11 is 0. The maximum atomic E-state index is 13.2. The Morgan fingerprint density at radius 1 is 1.00 bits per heavy atom. The maximum absolute atomic E-state index is 13.2. The molecule has 0 unspecified atom stereocenters. The molecule has 0 spiro atoms. The highest BCUT2D eigenvalue weighted by atomic mass is 19.1. The van der Waals surface area contributed by atoms with Gasteiger partial charge in [0.1, 0.15) is 5.82 Å². The zero-order valence-corrected chi connectivity index (χ0v) is 17.2. The highest BCUT2D eigenvalue weighted by Crippen LogP contribution is 2.32. The third-order valence-electron chi connectivity index (χ3n) is 6.36. The van der Waals surface area contributed by atoms with Crippen LogP contribution in [0.25, 0.3) is 0 Å². The molecule has 156 valence electrons. The molecule has 2 aromatic rings. The van der Waals surface area contributed by atoms with Gasteiger partial charge in [-0.25, -0.2) is 4.39 Å². The summed E-state index contributed by atoms with van der Waals surface area (Å²) in [6, 6.07) is 10.4. The second-order valence-electron chi connectivity index (χ2n) is 8.18. The van der Waals surface area contributed by atoms with Crippen molar-refractivity contribution in [2.75, 3.05) is 7.05 Å². The van der Waals surface area contributed by atoms with Crippen molar-refractivity contribution in [2.24, 2.45) is 0 Å². The standard InChI is InChI=1S/C24H25FN2O3/c1-15(16-8-11-18(25)12-9-16)26(2)22(28)17-10-13-20-21(14-17)24(30)27(23(20)29)19-6-4-3-5-7-19/h8-15,19H,3-7H2,1-2H3/t15-/m0/s1. The number of carbonyl (C=O) groups excluding carboxylic acids is 3. The molecule has 2 aliphatic rings. The van der Waals surface area contributed by atoms with Crippen LogP contribution in [0.4, 0.5) is 4.39 Å². The monoisotopic (exact) mass is 408 g/mol. The fourth-order valence-corrected chi connectivity index (χ4v) is 4.41. The van der Waals surface area contributed by atoms with Gasteiger partial charge in [0.2, 0.25) is 0 Å². The van der Waals surface area contributed by atoms with Crippen molar-refractivity contribution < 1.29 is 18.8 Å². The molecular weight excluding hydrogens is 383 g/mol. The quantitative estimate of drug-likeness (QED) is 0.696. The summed E-state index contributed by atoms with van der Waals surface area (Å²) in [5.74, 6) is -1.14. The van der Waals surface area contributed by atoms with Gasteiger partial charge in [-0.05, 0) is 55.7 Å². The van der Waals surface area contributed by atoms with Gasteiger partial charge in [-0.3, -0.25) is 19.3 Å². The van der Waals surface area contributed by atoms with Crippen LogP contribution in [0, 0.1) is 5.82 Å². The predicted octanol–water partition coefficient (Wildman–Crippen LogP) is 4.59. The Morgan fingerprint density at radius 3 is 2.30 bits per heavy atom. The lowest BCUT2D eigenvalue weighted by Gasteiger charge is -2.29. The molecule has 0 radical (unpaired) electrons. The lowest BCUT2D eigenvalue weighted by atomic mass is 9.94. The van der Waals surface area contributed by atoms with E-state index in [2.05, 4.69) is 0 Å². The molecule has 0 aromatic heterocycles. The summed E-state index contributed by atoms with van der Waals surface area (Å²) in [5.41, 5.74) is 1.84. The van der Waals surface area contributed by atoms with Gasteiger partial charge in [0.25, 0.3) is 17.7 Å². The van der Waals surface area contributed by atoms with E-state index in [0.717, 1.165) is 37.7 Å². The van der Waals surface area contributed by atoms with Crippen LogP contribution in [0.3, 0.4) is 0 Å². The second-order valence-corrected chi connectivity index (χ2v) is 8.18. The molecule has 1 saturated carbocycles. The van der Waals surface area contributed by atoms with E-state index in [1.54, 1.807) is 36.2 Å². The second kappa shape index (κ2) is 8.01. The molecule has 30 heavy (non-hydrogen) atoms. The molecular formula is C24H25FN2O3. The van der Waals surface area contributed by atoms with Gasteiger partial charge in [-0.1, -0.05) is 31.4 Å². The fraction of sp³-hybridized carbons (Fsp3) is 0.375. The van der Waals surface area contributed by atoms with E-state index in [9.17, 15) is 18.8 Å². The van der Waals surface area contributed by atoms with E-state index in [4.69, 9.17) is 0 Å². The van der Waals surface area contributed by atoms with Crippen molar-refractivity contribution in [1.82, 2.24) is 9.80 Å². The van der Waals surface area contributed by atoms with Crippen LogP contribution >= 0.6 is 0 Å². The van der Waals surface area contributed by atoms with Crippen LogP contribution in [-0.4, -0.2) is 40.6 Å². The van der Waals surface area contributed by atoms with E-state index in [1.807, 2.05) is 6.92 Å². The van der Waals surface area contributed by atoms with Gasteiger partial charge in [-0.15, -0.1) is 0 Å². The lowest BCUT2D eigenvalue weighted by Crippen LogP contribution is -2.40. The average molecular weight is 408 g/mol. The van der Waals surface area contributed by atoms with Crippen molar-refractivity contribution in [2.45, 2.75) is 51.1 Å². The van der Waals surface area contributed by atoms with Crippen molar-refractivity contribution in [3.63, 3.8) is 0 Å². The SMILES string of the molecule is C[C@@H](c1ccc(F)cc1)N(C)C(=O)c1ccc2c(c1)C(=O)N(C1CCCCC1)C2=O. The number of fused-ring (bicyclic) bond motifs is 1. The number of nitrogens with zero attached hydrogens (tertiary/aromatic N) is 2. The number of rotatable bonds is 4. The zero-order chi connectivity index (χ0) is 21.4. The molecule has 6 heteroatoms. The van der Waals surface area contributed by atoms with Crippen molar-refractivity contribution in [3.05, 3.63) is 70.5 Å². The third kappa shape index (κ3) is 3.51. The van der Waals surface area contributed by atoms with Crippen LogP contribution in [0.15, 0.2) is 42.5 Å². The van der Waals surface area contributed by atoms with Crippen molar-refractivity contribution in [1.29, 1.82) is 0 Å². The summed E-state index contributed by atoms with van der Waals surface area (Å²) in [5, 5.41) is 0. The van der Waals surface area contributed by atoms with Gasteiger partial charge in [0.05, 0.1) is 17.2 Å². The van der Waals surface area contributed by atoms with Crippen LogP contribution in [0.5, 0.6) is 0 Å². The third-order valence-corrected chi connectivity index (χ3v) is 6.36. The van der Waals surface area contributed by atoms with E-state index in [0.29, 0.717) is 16.7 Å². The molecule has 1 aliphatic carbocycles. The normalized spacial score (nSPS) is 17.8. The molecule has 0 bridgehead atoms. The molecule has 1 heterocycles. The minimum absolute atomic E-state index is 0.0496. The molecule has 3 amide bonds. The van der Waals surface area contributed by atoms with E-state index >= 15 is 0 Å². The van der Waals surface area contributed by atoms with Crippen LogP contribution in [-0.2, 0) is 0 Å². The minimum Gasteiger partial charge on any atom is -0.335 e.